The highest BCUT2D eigenvalue weighted by Gasteiger charge is 2.27. The average Bonchev–Trinajstić information content (AvgIpc) is 2.35. The van der Waals surface area contributed by atoms with Crippen molar-refractivity contribution in [3.63, 3.8) is 0 Å². The fraction of sp³-hybridized carbons (Fsp3) is 0.500. The molecule has 0 aliphatic carbocycles. The van der Waals surface area contributed by atoms with Gasteiger partial charge in [-0.1, -0.05) is 6.07 Å². The van der Waals surface area contributed by atoms with Crippen LogP contribution < -0.4 is 5.32 Å². The monoisotopic (exact) mass is 243 g/mol. The van der Waals surface area contributed by atoms with Crippen LogP contribution in [0.3, 0.4) is 0 Å². The van der Waals surface area contributed by atoms with Crippen LogP contribution in [-0.4, -0.2) is 40.7 Å². The lowest BCUT2D eigenvalue weighted by Gasteiger charge is -2.29. The van der Waals surface area contributed by atoms with E-state index in [0.29, 0.717) is 0 Å². The van der Waals surface area contributed by atoms with Crippen molar-refractivity contribution < 1.29 is 19.7 Å². The van der Waals surface area contributed by atoms with Gasteiger partial charge >= 0.3 is 0 Å². The van der Waals surface area contributed by atoms with E-state index in [1.807, 2.05) is 6.92 Å². The van der Waals surface area contributed by atoms with Crippen molar-refractivity contribution in [3.8, 4) is 0 Å². The molecule has 1 aromatic rings. The van der Waals surface area contributed by atoms with Crippen molar-refractivity contribution in [2.24, 2.45) is 0 Å². The number of aliphatic hydroxyl groups is 3. The molecule has 0 spiro atoms. The van der Waals surface area contributed by atoms with Gasteiger partial charge in [-0.15, -0.1) is 0 Å². The second-order valence-corrected chi connectivity index (χ2v) is 4.18. The zero-order valence-electron chi connectivity index (χ0n) is 9.78. The molecule has 0 unspecified atom stereocenters. The summed E-state index contributed by atoms with van der Waals surface area (Å²) in [5.74, 6) is -0.338. The summed E-state index contributed by atoms with van der Waals surface area (Å²) in [6.45, 7) is 0.928. The largest absolute Gasteiger partial charge is 0.394 e. The Hall–Kier alpha value is -1.01. The predicted molar refractivity (Wildman–Crippen MR) is 62.0 cm³/mol. The zero-order chi connectivity index (χ0) is 12.9. The minimum Gasteiger partial charge on any atom is -0.394 e. The number of aryl methyl sites for hydroxylation is 1. The molecule has 4 N–H and O–H groups in total. The summed E-state index contributed by atoms with van der Waals surface area (Å²) in [7, 11) is 0. The molecular formula is C12H18FNO3. The smallest absolute Gasteiger partial charge is 0.123 e. The van der Waals surface area contributed by atoms with Crippen LogP contribution in [0.5, 0.6) is 0 Å². The molecule has 0 fully saturated rings. The van der Waals surface area contributed by atoms with E-state index in [4.69, 9.17) is 15.3 Å². The summed E-state index contributed by atoms with van der Waals surface area (Å²) in [4.78, 5) is 0. The van der Waals surface area contributed by atoms with Crippen molar-refractivity contribution in [1.82, 2.24) is 5.32 Å². The standard InChI is InChI=1S/C12H18FNO3/c1-9-2-3-11(13)4-10(9)5-14-12(6-15,7-16)8-17/h2-4,14-17H,5-8H2,1H3. The third-order valence-corrected chi connectivity index (χ3v) is 2.87. The molecule has 0 saturated carbocycles. The molecular weight excluding hydrogens is 225 g/mol. The lowest BCUT2D eigenvalue weighted by molar-refractivity contribution is 0.0413. The van der Waals surface area contributed by atoms with E-state index < -0.39 is 25.4 Å². The molecule has 17 heavy (non-hydrogen) atoms. The zero-order valence-corrected chi connectivity index (χ0v) is 9.78. The summed E-state index contributed by atoms with van der Waals surface area (Å²) in [5.41, 5.74) is 0.491. The van der Waals surface area contributed by atoms with Gasteiger partial charge in [-0.2, -0.15) is 0 Å². The number of hydrogen-bond donors (Lipinski definition) is 4. The molecule has 5 heteroatoms. The lowest BCUT2D eigenvalue weighted by atomic mass is 10.0. The van der Waals surface area contributed by atoms with Crippen LogP contribution in [0.2, 0.25) is 0 Å². The first-order chi connectivity index (χ1) is 8.06. The molecule has 0 aromatic heterocycles. The van der Waals surface area contributed by atoms with Gasteiger partial charge < -0.3 is 20.6 Å². The summed E-state index contributed by atoms with van der Waals surface area (Å²) in [5, 5.41) is 30.2. The summed E-state index contributed by atoms with van der Waals surface area (Å²) < 4.78 is 13.0. The van der Waals surface area contributed by atoms with Gasteiger partial charge in [0, 0.05) is 6.54 Å². The number of benzene rings is 1. The molecule has 96 valence electrons. The van der Waals surface area contributed by atoms with Crippen LogP contribution in [0.25, 0.3) is 0 Å². The number of halogens is 1. The molecule has 0 bridgehead atoms. The van der Waals surface area contributed by atoms with Gasteiger partial charge in [0.15, 0.2) is 0 Å². The van der Waals surface area contributed by atoms with E-state index in [1.54, 1.807) is 6.07 Å². The number of nitrogens with one attached hydrogen (secondary N) is 1. The van der Waals surface area contributed by atoms with Gasteiger partial charge in [0.05, 0.1) is 25.4 Å². The number of hydrogen-bond acceptors (Lipinski definition) is 4. The van der Waals surface area contributed by atoms with Crippen LogP contribution >= 0.6 is 0 Å². The van der Waals surface area contributed by atoms with Crippen molar-refractivity contribution >= 4 is 0 Å². The Labute approximate surface area is 99.7 Å². The molecule has 1 rings (SSSR count). The highest BCUT2D eigenvalue weighted by atomic mass is 19.1. The Morgan fingerprint density at radius 1 is 1.18 bits per heavy atom. The normalized spacial score (nSPS) is 11.8. The maximum atomic E-state index is 13.0. The minimum absolute atomic E-state index is 0.269. The van der Waals surface area contributed by atoms with E-state index in [1.165, 1.54) is 12.1 Å². The van der Waals surface area contributed by atoms with Gasteiger partial charge in [-0.25, -0.2) is 4.39 Å². The molecule has 0 saturated heterocycles. The van der Waals surface area contributed by atoms with Gasteiger partial charge in [-0.05, 0) is 30.2 Å². The molecule has 0 heterocycles. The van der Waals surface area contributed by atoms with Crippen LogP contribution in [0.4, 0.5) is 4.39 Å². The Morgan fingerprint density at radius 2 is 1.76 bits per heavy atom. The third-order valence-electron chi connectivity index (χ3n) is 2.87. The first-order valence-corrected chi connectivity index (χ1v) is 5.39. The Morgan fingerprint density at radius 3 is 2.29 bits per heavy atom. The van der Waals surface area contributed by atoms with Crippen LogP contribution in [-0.2, 0) is 6.54 Å². The Bertz CT molecular complexity index is 359. The van der Waals surface area contributed by atoms with Crippen LogP contribution in [0.15, 0.2) is 18.2 Å². The second kappa shape index (κ2) is 6.07. The average molecular weight is 243 g/mol. The first-order valence-electron chi connectivity index (χ1n) is 5.39. The third kappa shape index (κ3) is 3.47. The van der Waals surface area contributed by atoms with E-state index in [0.717, 1.165) is 11.1 Å². The molecule has 0 atom stereocenters. The van der Waals surface area contributed by atoms with Gasteiger partial charge in [0.25, 0.3) is 0 Å². The fourth-order valence-electron chi connectivity index (χ4n) is 1.43. The molecule has 4 nitrogen and oxygen atoms in total. The van der Waals surface area contributed by atoms with E-state index in [2.05, 4.69) is 5.32 Å². The molecule has 0 aliphatic rings. The lowest BCUT2D eigenvalue weighted by Crippen LogP contribution is -2.54. The number of aliphatic hydroxyl groups excluding tert-OH is 3. The van der Waals surface area contributed by atoms with Crippen molar-refractivity contribution in [2.75, 3.05) is 19.8 Å². The van der Waals surface area contributed by atoms with Gasteiger partial charge in [0.2, 0.25) is 0 Å². The molecule has 0 amide bonds. The Kier molecular flexibility index (Phi) is 5.02. The van der Waals surface area contributed by atoms with Gasteiger partial charge in [0.1, 0.15) is 5.82 Å². The topological polar surface area (TPSA) is 72.7 Å². The number of rotatable bonds is 6. The SMILES string of the molecule is Cc1ccc(F)cc1CNC(CO)(CO)CO. The summed E-state index contributed by atoms with van der Waals surface area (Å²) in [6.07, 6.45) is 0. The predicted octanol–water partition coefficient (Wildman–Crippen LogP) is -0.0606. The van der Waals surface area contributed by atoms with Crippen LogP contribution in [0, 0.1) is 12.7 Å². The second-order valence-electron chi connectivity index (χ2n) is 4.18. The molecule has 0 radical (unpaired) electrons. The van der Waals surface area contributed by atoms with Gasteiger partial charge in [-0.3, -0.25) is 0 Å². The first kappa shape index (κ1) is 14.1. The highest BCUT2D eigenvalue weighted by molar-refractivity contribution is 5.26. The van der Waals surface area contributed by atoms with Crippen LogP contribution in [0.1, 0.15) is 11.1 Å². The van der Waals surface area contributed by atoms with Crippen molar-refractivity contribution in [2.45, 2.75) is 19.0 Å². The summed E-state index contributed by atoms with van der Waals surface area (Å²) in [6, 6.07) is 4.42. The van der Waals surface area contributed by atoms with E-state index in [9.17, 15) is 4.39 Å². The summed E-state index contributed by atoms with van der Waals surface area (Å²) >= 11 is 0. The minimum atomic E-state index is -1.14. The maximum absolute atomic E-state index is 13.0. The molecule has 0 aliphatic heterocycles. The van der Waals surface area contributed by atoms with Crippen molar-refractivity contribution in [3.05, 3.63) is 35.1 Å². The van der Waals surface area contributed by atoms with Crippen molar-refractivity contribution in [1.29, 1.82) is 0 Å². The maximum Gasteiger partial charge on any atom is 0.123 e. The quantitative estimate of drug-likeness (QED) is 0.565. The van der Waals surface area contributed by atoms with E-state index >= 15 is 0 Å². The van der Waals surface area contributed by atoms with E-state index in [-0.39, 0.29) is 12.4 Å². The Balaban J connectivity index is 2.75. The molecule has 1 aromatic carbocycles. The highest BCUT2D eigenvalue weighted by Crippen LogP contribution is 2.12. The fourth-order valence-corrected chi connectivity index (χ4v) is 1.43.